The summed E-state index contributed by atoms with van der Waals surface area (Å²) in [6.07, 6.45) is 2.85. The molecule has 0 saturated carbocycles. The maximum Gasteiger partial charge on any atom is 0.259 e. The van der Waals surface area contributed by atoms with E-state index in [2.05, 4.69) is 16.0 Å². The molecule has 2 aromatic rings. The number of carbonyl (C=O) groups excluding carboxylic acids is 1. The van der Waals surface area contributed by atoms with Gasteiger partial charge in [0.2, 0.25) is 12.7 Å². The molecule has 0 spiro atoms. The maximum absolute atomic E-state index is 13.1. The van der Waals surface area contributed by atoms with E-state index in [9.17, 15) is 4.79 Å². The third-order valence-electron chi connectivity index (χ3n) is 5.67. The lowest BCUT2D eigenvalue weighted by molar-refractivity contribution is 0.0621. The number of hydrogen-bond donors (Lipinski definition) is 0. The highest BCUT2D eigenvalue weighted by Gasteiger charge is 2.27. The van der Waals surface area contributed by atoms with Crippen LogP contribution in [0.1, 0.15) is 22.3 Å². The molecule has 0 radical (unpaired) electrons. The number of piperazine rings is 1. The predicted octanol–water partition coefficient (Wildman–Crippen LogP) is 2.65. The summed E-state index contributed by atoms with van der Waals surface area (Å²) in [5, 5.41) is 0. The van der Waals surface area contributed by atoms with Crippen LogP contribution in [0.4, 0.5) is 0 Å². The Bertz CT molecular complexity index is 911. The topological polar surface area (TPSA) is 64.1 Å². The number of nitrogens with zero attached hydrogens (tertiary/aromatic N) is 3. The molecule has 1 aromatic heterocycles. The van der Waals surface area contributed by atoms with Crippen molar-refractivity contribution in [3.8, 4) is 17.4 Å². The van der Waals surface area contributed by atoms with Crippen molar-refractivity contribution < 1.29 is 19.0 Å². The highest BCUT2D eigenvalue weighted by atomic mass is 32.2. The lowest BCUT2D eigenvalue weighted by Crippen LogP contribution is -2.48. The van der Waals surface area contributed by atoms with Gasteiger partial charge in [-0.3, -0.25) is 9.69 Å². The first-order chi connectivity index (χ1) is 14.8. The Morgan fingerprint density at radius 1 is 1.17 bits per heavy atom. The van der Waals surface area contributed by atoms with Gasteiger partial charge in [0.25, 0.3) is 5.91 Å². The summed E-state index contributed by atoms with van der Waals surface area (Å²) in [6.45, 7) is 4.16. The zero-order valence-corrected chi connectivity index (χ0v) is 17.6. The van der Waals surface area contributed by atoms with Gasteiger partial charge in [-0.25, -0.2) is 4.98 Å². The van der Waals surface area contributed by atoms with Crippen molar-refractivity contribution in [2.75, 3.05) is 44.5 Å². The van der Waals surface area contributed by atoms with E-state index in [0.29, 0.717) is 31.3 Å². The largest absolute Gasteiger partial charge is 0.473 e. The average Bonchev–Trinajstić information content (AvgIpc) is 3.46. The second-order valence-electron chi connectivity index (χ2n) is 7.72. The first-order valence-corrected chi connectivity index (χ1v) is 11.5. The van der Waals surface area contributed by atoms with Gasteiger partial charge in [0.1, 0.15) is 11.7 Å². The van der Waals surface area contributed by atoms with E-state index < -0.39 is 0 Å². The second-order valence-corrected chi connectivity index (χ2v) is 8.87. The second kappa shape index (κ2) is 8.73. The molecule has 7 nitrogen and oxygen atoms in total. The molecule has 0 aliphatic carbocycles. The van der Waals surface area contributed by atoms with Gasteiger partial charge >= 0.3 is 0 Å². The molecule has 0 unspecified atom stereocenters. The van der Waals surface area contributed by atoms with Gasteiger partial charge in [-0.05, 0) is 42.0 Å². The fourth-order valence-electron chi connectivity index (χ4n) is 3.99. The Morgan fingerprint density at radius 3 is 2.87 bits per heavy atom. The molecule has 1 amide bonds. The van der Waals surface area contributed by atoms with Crippen molar-refractivity contribution >= 4 is 17.7 Å². The normalized spacial score (nSPS) is 21.1. The Balaban J connectivity index is 1.19. The molecule has 4 heterocycles. The highest BCUT2D eigenvalue weighted by Crippen LogP contribution is 2.33. The van der Waals surface area contributed by atoms with Crippen LogP contribution in [0.25, 0.3) is 0 Å². The molecule has 3 aliphatic heterocycles. The number of benzene rings is 1. The van der Waals surface area contributed by atoms with E-state index in [-0.39, 0.29) is 12.0 Å². The summed E-state index contributed by atoms with van der Waals surface area (Å²) in [7, 11) is 0. The fourth-order valence-corrected chi connectivity index (χ4v) is 5.08. The Morgan fingerprint density at radius 2 is 2.03 bits per heavy atom. The number of ether oxygens (including phenoxy) is 3. The lowest BCUT2D eigenvalue weighted by Gasteiger charge is -2.35. The Hall–Kier alpha value is -2.45. The summed E-state index contributed by atoms with van der Waals surface area (Å²) in [6, 6.07) is 9.71. The van der Waals surface area contributed by atoms with Crippen LogP contribution in [-0.2, 0) is 6.54 Å². The first kappa shape index (κ1) is 19.5. The van der Waals surface area contributed by atoms with Crippen LogP contribution in [0.5, 0.6) is 17.4 Å². The molecule has 0 bridgehead atoms. The SMILES string of the molecule is O=C(c1cccnc1O[C@H]1CCSC1)N1CCN(Cc2ccc3c(c2)OCO3)CC1. The van der Waals surface area contributed by atoms with E-state index in [1.165, 1.54) is 5.56 Å². The van der Waals surface area contributed by atoms with Crippen LogP contribution in [0.3, 0.4) is 0 Å². The van der Waals surface area contributed by atoms with Crippen LogP contribution >= 0.6 is 11.8 Å². The third-order valence-corrected chi connectivity index (χ3v) is 6.80. The summed E-state index contributed by atoms with van der Waals surface area (Å²) in [5.74, 6) is 4.16. The number of thioether (sulfide) groups is 1. The molecule has 2 saturated heterocycles. The summed E-state index contributed by atoms with van der Waals surface area (Å²) < 4.78 is 16.9. The lowest BCUT2D eigenvalue weighted by atomic mass is 10.1. The summed E-state index contributed by atoms with van der Waals surface area (Å²) in [5.41, 5.74) is 1.76. The minimum atomic E-state index is 0.00600. The number of pyridine rings is 1. The molecule has 8 heteroatoms. The minimum absolute atomic E-state index is 0.00600. The van der Waals surface area contributed by atoms with Crippen molar-refractivity contribution in [3.63, 3.8) is 0 Å². The van der Waals surface area contributed by atoms with Crippen molar-refractivity contribution in [2.24, 2.45) is 0 Å². The van der Waals surface area contributed by atoms with E-state index in [1.807, 2.05) is 34.9 Å². The first-order valence-electron chi connectivity index (χ1n) is 10.4. The van der Waals surface area contributed by atoms with Crippen LogP contribution in [0.2, 0.25) is 0 Å². The quantitative estimate of drug-likeness (QED) is 0.727. The molecule has 5 rings (SSSR count). The molecule has 0 N–H and O–H groups in total. The van der Waals surface area contributed by atoms with Crippen molar-refractivity contribution in [2.45, 2.75) is 19.1 Å². The van der Waals surface area contributed by atoms with E-state index in [0.717, 1.165) is 49.1 Å². The summed E-state index contributed by atoms with van der Waals surface area (Å²) >= 11 is 1.88. The minimum Gasteiger partial charge on any atom is -0.473 e. The monoisotopic (exact) mass is 427 g/mol. The van der Waals surface area contributed by atoms with E-state index >= 15 is 0 Å². The number of hydrogen-bond acceptors (Lipinski definition) is 7. The zero-order valence-electron chi connectivity index (χ0n) is 16.8. The molecule has 1 aromatic carbocycles. The van der Waals surface area contributed by atoms with Gasteiger partial charge < -0.3 is 19.1 Å². The molecule has 2 fully saturated rings. The number of carbonyl (C=O) groups is 1. The van der Waals surface area contributed by atoms with Crippen molar-refractivity contribution in [1.29, 1.82) is 0 Å². The molecule has 3 aliphatic rings. The summed E-state index contributed by atoms with van der Waals surface area (Å²) in [4.78, 5) is 21.7. The van der Waals surface area contributed by atoms with Gasteiger partial charge in [-0.1, -0.05) is 6.07 Å². The Labute approximate surface area is 180 Å². The average molecular weight is 428 g/mol. The highest BCUT2D eigenvalue weighted by molar-refractivity contribution is 7.99. The smallest absolute Gasteiger partial charge is 0.259 e. The van der Waals surface area contributed by atoms with E-state index in [4.69, 9.17) is 14.2 Å². The van der Waals surface area contributed by atoms with Gasteiger partial charge in [0.15, 0.2) is 11.5 Å². The van der Waals surface area contributed by atoms with Gasteiger partial charge in [-0.2, -0.15) is 11.8 Å². The molecular weight excluding hydrogens is 402 g/mol. The van der Waals surface area contributed by atoms with Crippen LogP contribution < -0.4 is 14.2 Å². The number of aromatic nitrogens is 1. The van der Waals surface area contributed by atoms with Crippen molar-refractivity contribution in [1.82, 2.24) is 14.8 Å². The number of amides is 1. The van der Waals surface area contributed by atoms with Gasteiger partial charge in [0.05, 0.1) is 0 Å². The number of fused-ring (bicyclic) bond motifs is 1. The standard InChI is InChI=1S/C22H25N3O4S/c26-22(18-2-1-6-23-21(18)29-17-5-11-30-14-17)25-9-7-24(8-10-25)13-16-3-4-19-20(12-16)28-15-27-19/h1-4,6,12,17H,5,7-11,13-15H2/t17-/m0/s1. The van der Waals surface area contributed by atoms with Crippen LogP contribution in [0.15, 0.2) is 36.5 Å². The maximum atomic E-state index is 13.1. The molecule has 30 heavy (non-hydrogen) atoms. The van der Waals surface area contributed by atoms with E-state index in [1.54, 1.807) is 12.3 Å². The van der Waals surface area contributed by atoms with Gasteiger partial charge in [-0.15, -0.1) is 0 Å². The molecular formula is C22H25N3O4S. The van der Waals surface area contributed by atoms with Crippen LogP contribution in [0, 0.1) is 0 Å². The number of rotatable bonds is 5. The Kier molecular flexibility index (Phi) is 5.68. The zero-order chi connectivity index (χ0) is 20.3. The fraction of sp³-hybridized carbons (Fsp3) is 0.455. The van der Waals surface area contributed by atoms with Crippen LogP contribution in [-0.4, -0.2) is 71.3 Å². The predicted molar refractivity (Wildman–Crippen MR) is 114 cm³/mol. The van der Waals surface area contributed by atoms with Gasteiger partial charge in [0, 0.05) is 44.7 Å². The molecule has 158 valence electrons. The third kappa shape index (κ3) is 4.20. The van der Waals surface area contributed by atoms with Crippen molar-refractivity contribution in [3.05, 3.63) is 47.7 Å². The molecule has 1 atom stereocenters.